The zero-order valence-electron chi connectivity index (χ0n) is 13.1. The molecule has 2 rings (SSSR count). The Hall–Kier alpha value is -2.37. The van der Waals surface area contributed by atoms with Gasteiger partial charge in [-0.3, -0.25) is 9.59 Å². The normalized spacial score (nSPS) is 11.1. The Morgan fingerprint density at radius 2 is 1.67 bits per heavy atom. The molecule has 0 heterocycles. The van der Waals surface area contributed by atoms with Crippen LogP contribution in [0.3, 0.4) is 0 Å². The van der Waals surface area contributed by atoms with E-state index >= 15 is 0 Å². The first-order valence-corrected chi connectivity index (χ1v) is 7.80. The number of hydrazone groups is 1. The molecule has 0 saturated carbocycles. The first-order valence-electron chi connectivity index (χ1n) is 7.04. The lowest BCUT2D eigenvalue weighted by Gasteiger charge is -2.08. The fourth-order valence-electron chi connectivity index (χ4n) is 1.89. The molecule has 5 nitrogen and oxygen atoms in total. The van der Waals surface area contributed by atoms with Crippen molar-refractivity contribution >= 4 is 46.4 Å². The van der Waals surface area contributed by atoms with Crippen molar-refractivity contribution in [1.82, 2.24) is 5.43 Å². The fraction of sp³-hybridized carbons (Fsp3) is 0.118. The van der Waals surface area contributed by atoms with Crippen LogP contribution in [-0.2, 0) is 4.79 Å². The molecule has 2 aromatic carbocycles. The topological polar surface area (TPSA) is 70.6 Å². The number of rotatable bonds is 4. The summed E-state index contributed by atoms with van der Waals surface area (Å²) < 4.78 is 0. The van der Waals surface area contributed by atoms with Crippen LogP contribution in [0.4, 0.5) is 5.69 Å². The minimum atomic E-state index is -0.326. The third-order valence-corrected chi connectivity index (χ3v) is 3.67. The van der Waals surface area contributed by atoms with Crippen LogP contribution in [0.15, 0.2) is 47.6 Å². The predicted octanol–water partition coefficient (Wildman–Crippen LogP) is 4.11. The molecule has 0 radical (unpaired) electrons. The van der Waals surface area contributed by atoms with Crippen molar-refractivity contribution < 1.29 is 9.59 Å². The summed E-state index contributed by atoms with van der Waals surface area (Å²) in [4.78, 5) is 23.1. The number of benzene rings is 2. The molecule has 0 aliphatic heterocycles. The van der Waals surface area contributed by atoms with Crippen LogP contribution in [0.1, 0.15) is 29.8 Å². The lowest BCUT2D eigenvalue weighted by molar-refractivity contribution is -0.118. The summed E-state index contributed by atoms with van der Waals surface area (Å²) in [7, 11) is 0. The zero-order valence-corrected chi connectivity index (χ0v) is 14.6. The Labute approximate surface area is 149 Å². The second kappa shape index (κ2) is 7.95. The smallest absolute Gasteiger partial charge is 0.257 e. The van der Waals surface area contributed by atoms with Crippen molar-refractivity contribution in [3.05, 3.63) is 63.6 Å². The number of nitrogens with one attached hydrogen (secondary N) is 2. The van der Waals surface area contributed by atoms with Crippen molar-refractivity contribution in [2.45, 2.75) is 13.8 Å². The van der Waals surface area contributed by atoms with Gasteiger partial charge in [-0.15, -0.1) is 0 Å². The van der Waals surface area contributed by atoms with Gasteiger partial charge in [0.1, 0.15) is 0 Å². The first-order chi connectivity index (χ1) is 11.4. The molecule has 0 saturated heterocycles. The van der Waals surface area contributed by atoms with Crippen LogP contribution in [0.2, 0.25) is 10.0 Å². The quantitative estimate of drug-likeness (QED) is 0.633. The lowest BCUT2D eigenvalue weighted by atomic mass is 10.1. The highest BCUT2D eigenvalue weighted by atomic mass is 35.5. The summed E-state index contributed by atoms with van der Waals surface area (Å²) in [6, 6.07) is 11.8. The van der Waals surface area contributed by atoms with Gasteiger partial charge in [0.15, 0.2) is 0 Å². The molecule has 2 N–H and O–H groups in total. The number of hydrogen-bond acceptors (Lipinski definition) is 3. The second-order valence-corrected chi connectivity index (χ2v) is 5.86. The highest BCUT2D eigenvalue weighted by molar-refractivity contribution is 6.37. The van der Waals surface area contributed by atoms with E-state index in [2.05, 4.69) is 15.8 Å². The average Bonchev–Trinajstić information content (AvgIpc) is 2.53. The van der Waals surface area contributed by atoms with Crippen molar-refractivity contribution in [3.63, 3.8) is 0 Å². The van der Waals surface area contributed by atoms with E-state index in [-0.39, 0.29) is 16.8 Å². The molecule has 0 spiro atoms. The number of anilines is 1. The van der Waals surface area contributed by atoms with E-state index in [0.29, 0.717) is 22.0 Å². The van der Waals surface area contributed by atoms with Crippen LogP contribution < -0.4 is 10.7 Å². The highest BCUT2D eigenvalue weighted by Crippen LogP contribution is 2.22. The van der Waals surface area contributed by atoms with Crippen molar-refractivity contribution in [3.8, 4) is 0 Å². The maximum absolute atomic E-state index is 12.2. The van der Waals surface area contributed by atoms with Crippen LogP contribution in [0, 0.1) is 0 Å². The minimum Gasteiger partial charge on any atom is -0.322 e. The van der Waals surface area contributed by atoms with Gasteiger partial charge in [-0.05, 0) is 42.8 Å². The largest absolute Gasteiger partial charge is 0.322 e. The van der Waals surface area contributed by atoms with Gasteiger partial charge in [0.2, 0.25) is 5.91 Å². The molecule has 0 aromatic heterocycles. The Bertz CT molecular complexity index is 802. The Morgan fingerprint density at radius 3 is 2.25 bits per heavy atom. The molecule has 0 aliphatic rings. The van der Waals surface area contributed by atoms with Crippen LogP contribution in [-0.4, -0.2) is 17.5 Å². The first kappa shape index (κ1) is 18.0. The number of amides is 2. The molecule has 0 atom stereocenters. The van der Waals surface area contributed by atoms with E-state index in [1.165, 1.54) is 13.0 Å². The zero-order chi connectivity index (χ0) is 17.7. The Balaban J connectivity index is 2.10. The molecule has 124 valence electrons. The number of hydrogen-bond donors (Lipinski definition) is 2. The standard InChI is InChI=1S/C17H15Cl2N3O2/c1-10(21-22-11(2)23)12-3-6-14(7-4-12)20-17(24)15-8-5-13(18)9-16(15)19/h3-9H,1-2H3,(H,20,24)(H,22,23)/b21-10-. The van der Waals surface area contributed by atoms with Gasteiger partial charge in [0, 0.05) is 17.6 Å². The van der Waals surface area contributed by atoms with Crippen LogP contribution in [0.5, 0.6) is 0 Å². The number of nitrogens with zero attached hydrogens (tertiary/aromatic N) is 1. The fourth-order valence-corrected chi connectivity index (χ4v) is 2.39. The molecular formula is C17H15Cl2N3O2. The van der Waals surface area contributed by atoms with Crippen molar-refractivity contribution in [2.24, 2.45) is 5.10 Å². The molecule has 2 amide bonds. The number of carbonyl (C=O) groups is 2. The van der Waals surface area contributed by atoms with Gasteiger partial charge in [0.25, 0.3) is 5.91 Å². The van der Waals surface area contributed by atoms with E-state index < -0.39 is 0 Å². The summed E-state index contributed by atoms with van der Waals surface area (Å²) in [6.07, 6.45) is 0. The predicted molar refractivity (Wildman–Crippen MR) is 96.9 cm³/mol. The molecular weight excluding hydrogens is 349 g/mol. The summed E-state index contributed by atoms with van der Waals surface area (Å²) >= 11 is 11.8. The monoisotopic (exact) mass is 363 g/mol. The molecule has 7 heteroatoms. The molecule has 0 aliphatic carbocycles. The van der Waals surface area contributed by atoms with Gasteiger partial charge in [-0.1, -0.05) is 35.3 Å². The third-order valence-electron chi connectivity index (χ3n) is 3.12. The Morgan fingerprint density at radius 1 is 1.00 bits per heavy atom. The number of carbonyl (C=O) groups excluding carboxylic acids is 2. The summed E-state index contributed by atoms with van der Waals surface area (Å²) in [5, 5.41) is 7.46. The average molecular weight is 364 g/mol. The summed E-state index contributed by atoms with van der Waals surface area (Å²) in [6.45, 7) is 3.16. The van der Waals surface area contributed by atoms with E-state index in [1.807, 2.05) is 0 Å². The van der Waals surface area contributed by atoms with Gasteiger partial charge < -0.3 is 5.32 Å². The maximum atomic E-state index is 12.2. The van der Waals surface area contributed by atoms with Gasteiger partial charge >= 0.3 is 0 Å². The molecule has 0 fully saturated rings. The van der Waals surface area contributed by atoms with Crippen LogP contribution >= 0.6 is 23.2 Å². The van der Waals surface area contributed by atoms with Gasteiger partial charge in [-0.2, -0.15) is 5.10 Å². The van der Waals surface area contributed by atoms with E-state index in [0.717, 1.165) is 5.56 Å². The molecule has 0 unspecified atom stereocenters. The second-order valence-electron chi connectivity index (χ2n) is 5.02. The SMILES string of the molecule is CC(=O)N/N=C(/C)c1ccc(NC(=O)c2ccc(Cl)cc2Cl)cc1. The van der Waals surface area contributed by atoms with E-state index in [4.69, 9.17) is 23.2 Å². The summed E-state index contributed by atoms with van der Waals surface area (Å²) in [5.41, 5.74) is 4.81. The Kier molecular flexibility index (Phi) is 5.95. The van der Waals surface area contributed by atoms with E-state index in [1.54, 1.807) is 43.3 Å². The summed E-state index contributed by atoms with van der Waals surface area (Å²) in [5.74, 6) is -0.564. The molecule has 2 aromatic rings. The molecule has 24 heavy (non-hydrogen) atoms. The highest BCUT2D eigenvalue weighted by Gasteiger charge is 2.11. The van der Waals surface area contributed by atoms with Gasteiger partial charge in [0.05, 0.1) is 16.3 Å². The molecule has 0 bridgehead atoms. The van der Waals surface area contributed by atoms with Crippen LogP contribution in [0.25, 0.3) is 0 Å². The van der Waals surface area contributed by atoms with Crippen molar-refractivity contribution in [2.75, 3.05) is 5.32 Å². The minimum absolute atomic E-state index is 0.238. The third kappa shape index (κ3) is 4.81. The lowest BCUT2D eigenvalue weighted by Crippen LogP contribution is -2.15. The van der Waals surface area contributed by atoms with E-state index in [9.17, 15) is 9.59 Å². The van der Waals surface area contributed by atoms with Crippen molar-refractivity contribution in [1.29, 1.82) is 0 Å². The van der Waals surface area contributed by atoms with Gasteiger partial charge in [-0.25, -0.2) is 5.43 Å². The number of halogens is 2. The maximum Gasteiger partial charge on any atom is 0.257 e.